The first-order valence-electron chi connectivity index (χ1n) is 9.99. The fourth-order valence-electron chi connectivity index (χ4n) is 2.61. The van der Waals surface area contributed by atoms with E-state index in [-0.39, 0.29) is 57.0 Å². The van der Waals surface area contributed by atoms with Crippen molar-refractivity contribution in [2.45, 2.75) is 30.6 Å². The molecule has 0 amide bonds. The molecule has 1 aromatic heterocycles. The molecule has 1 aromatic carbocycles. The Labute approximate surface area is 213 Å². The Kier molecular flexibility index (Phi) is 10.9. The van der Waals surface area contributed by atoms with Crippen LogP contribution in [0.15, 0.2) is 76.2 Å². The molecule has 2 rings (SSSR count). The number of benzene rings is 1. The summed E-state index contributed by atoms with van der Waals surface area (Å²) in [6.45, 7) is 5.30. The molecule has 0 saturated carbocycles. The summed E-state index contributed by atoms with van der Waals surface area (Å²) in [5.41, 5.74) is 0. The molecule has 2 aromatic rings. The van der Waals surface area contributed by atoms with E-state index in [0.29, 0.717) is 0 Å². The number of allylic oxidation sites excluding steroid dienone is 3. The summed E-state index contributed by atoms with van der Waals surface area (Å²) in [7, 11) is -3.99. The SMILES string of the molecule is C=C(OC[C@H](O)Cn1ccnc1)/C(Cl)=C\C(=C/C)S(=O)(=O)c1ccc(OC[C@@H](O)CCl)c(Cl)c1. The maximum atomic E-state index is 13.1. The van der Waals surface area contributed by atoms with Gasteiger partial charge in [0.1, 0.15) is 36.9 Å². The minimum atomic E-state index is -3.99. The predicted molar refractivity (Wildman–Crippen MR) is 132 cm³/mol. The first-order chi connectivity index (χ1) is 16.1. The van der Waals surface area contributed by atoms with Gasteiger partial charge in [-0.3, -0.25) is 0 Å². The highest BCUT2D eigenvalue weighted by molar-refractivity contribution is 7.95. The smallest absolute Gasteiger partial charge is 0.206 e. The average molecular weight is 552 g/mol. The molecule has 34 heavy (non-hydrogen) atoms. The van der Waals surface area contributed by atoms with E-state index in [1.165, 1.54) is 30.4 Å². The zero-order chi connectivity index (χ0) is 25.3. The Morgan fingerprint density at radius 1 is 1.29 bits per heavy atom. The van der Waals surface area contributed by atoms with Crippen LogP contribution >= 0.6 is 34.8 Å². The Hall–Kier alpha value is -2.01. The van der Waals surface area contributed by atoms with E-state index < -0.39 is 22.0 Å². The number of alkyl halides is 1. The van der Waals surface area contributed by atoms with Gasteiger partial charge in [-0.05, 0) is 31.2 Å². The third kappa shape index (κ3) is 8.04. The van der Waals surface area contributed by atoms with Crippen molar-refractivity contribution in [1.29, 1.82) is 0 Å². The van der Waals surface area contributed by atoms with E-state index in [4.69, 9.17) is 44.3 Å². The van der Waals surface area contributed by atoms with Crippen LogP contribution < -0.4 is 4.74 Å². The van der Waals surface area contributed by atoms with E-state index in [1.807, 2.05) is 0 Å². The molecule has 0 fully saturated rings. The minimum Gasteiger partial charge on any atom is -0.490 e. The predicted octanol–water partition coefficient (Wildman–Crippen LogP) is 3.91. The summed E-state index contributed by atoms with van der Waals surface area (Å²) >= 11 is 17.9. The first-order valence-corrected chi connectivity index (χ1v) is 12.8. The van der Waals surface area contributed by atoms with Crippen molar-refractivity contribution in [1.82, 2.24) is 9.55 Å². The Morgan fingerprint density at radius 3 is 2.62 bits per heavy atom. The molecule has 2 N–H and O–H groups in total. The highest BCUT2D eigenvalue weighted by Gasteiger charge is 2.21. The molecule has 0 aliphatic heterocycles. The largest absolute Gasteiger partial charge is 0.490 e. The number of hydrogen-bond donors (Lipinski definition) is 2. The summed E-state index contributed by atoms with van der Waals surface area (Å²) in [5.74, 6) is 0.192. The van der Waals surface area contributed by atoms with E-state index in [9.17, 15) is 18.6 Å². The highest BCUT2D eigenvalue weighted by atomic mass is 35.5. The van der Waals surface area contributed by atoms with Crippen molar-refractivity contribution in [3.63, 3.8) is 0 Å². The van der Waals surface area contributed by atoms with Crippen LogP contribution in [0.2, 0.25) is 5.02 Å². The van der Waals surface area contributed by atoms with Gasteiger partial charge in [0, 0.05) is 12.4 Å². The summed E-state index contributed by atoms with van der Waals surface area (Å²) in [4.78, 5) is 3.70. The van der Waals surface area contributed by atoms with Crippen LogP contribution in [0.1, 0.15) is 6.92 Å². The van der Waals surface area contributed by atoms with E-state index in [1.54, 1.807) is 30.2 Å². The van der Waals surface area contributed by atoms with Crippen molar-refractivity contribution >= 4 is 44.6 Å². The molecular formula is C22H25Cl3N2O6S. The van der Waals surface area contributed by atoms with Gasteiger partial charge in [0.15, 0.2) is 0 Å². The van der Waals surface area contributed by atoms with Gasteiger partial charge in [0.05, 0.1) is 38.6 Å². The van der Waals surface area contributed by atoms with Crippen LogP contribution in [0.4, 0.5) is 0 Å². The number of ether oxygens (including phenoxy) is 2. The molecule has 186 valence electrons. The lowest BCUT2D eigenvalue weighted by molar-refractivity contribution is 0.0636. The molecule has 8 nitrogen and oxygen atoms in total. The van der Waals surface area contributed by atoms with Gasteiger partial charge in [0.2, 0.25) is 9.84 Å². The number of aromatic nitrogens is 2. The fourth-order valence-corrected chi connectivity index (χ4v) is 4.61. The number of sulfone groups is 1. The molecule has 0 aliphatic rings. The lowest BCUT2D eigenvalue weighted by Crippen LogP contribution is -2.21. The Bertz CT molecular complexity index is 1130. The highest BCUT2D eigenvalue weighted by Crippen LogP contribution is 2.31. The third-order valence-corrected chi connectivity index (χ3v) is 7.20. The number of aliphatic hydroxyl groups excluding tert-OH is 2. The van der Waals surface area contributed by atoms with Crippen molar-refractivity contribution in [3.05, 3.63) is 76.4 Å². The minimum absolute atomic E-state index is 0.000488. The van der Waals surface area contributed by atoms with E-state index in [2.05, 4.69) is 11.6 Å². The van der Waals surface area contributed by atoms with Gasteiger partial charge < -0.3 is 24.3 Å². The van der Waals surface area contributed by atoms with Gasteiger partial charge in [-0.25, -0.2) is 13.4 Å². The van der Waals surface area contributed by atoms with Gasteiger partial charge in [-0.2, -0.15) is 0 Å². The number of imidazole rings is 1. The molecule has 0 bridgehead atoms. The van der Waals surface area contributed by atoms with Crippen molar-refractivity contribution in [2.24, 2.45) is 0 Å². The molecule has 2 atom stereocenters. The van der Waals surface area contributed by atoms with E-state index in [0.717, 1.165) is 0 Å². The summed E-state index contributed by atoms with van der Waals surface area (Å²) in [5, 5.41) is 19.6. The topological polar surface area (TPSA) is 111 Å². The van der Waals surface area contributed by atoms with Crippen molar-refractivity contribution in [2.75, 3.05) is 19.1 Å². The quantitative estimate of drug-likeness (QED) is 0.221. The number of aliphatic hydroxyl groups is 2. The molecular weight excluding hydrogens is 527 g/mol. The van der Waals surface area contributed by atoms with Crippen LogP contribution in [-0.2, 0) is 21.1 Å². The van der Waals surface area contributed by atoms with Crippen molar-refractivity contribution < 1.29 is 28.1 Å². The second kappa shape index (κ2) is 13.2. The van der Waals surface area contributed by atoms with Gasteiger partial charge in [-0.15, -0.1) is 11.6 Å². The standard InChI is InChI=1S/C22H25Cl3N2O6S/c1-3-18(8-20(24)15(2)32-13-17(29)11-27-7-6-26-14-27)34(30,31)19-4-5-22(21(25)9-19)33-12-16(28)10-23/h3-9,14,16-17,28-29H,2,10-13H2,1H3/b18-3+,20-8+/t16-,17+/m0/s1. The van der Waals surface area contributed by atoms with Crippen LogP contribution in [0, 0.1) is 0 Å². The molecule has 1 heterocycles. The van der Waals surface area contributed by atoms with Crippen LogP contribution in [0.25, 0.3) is 0 Å². The van der Waals surface area contributed by atoms with Gasteiger partial charge in [0.25, 0.3) is 0 Å². The molecule has 0 saturated heterocycles. The summed E-state index contributed by atoms with van der Waals surface area (Å²) < 4.78 is 38.6. The van der Waals surface area contributed by atoms with Crippen LogP contribution in [-0.4, -0.2) is 59.5 Å². The molecule has 0 aliphatic carbocycles. The first kappa shape index (κ1) is 28.2. The molecule has 0 spiro atoms. The second-order valence-corrected chi connectivity index (χ2v) is 10.1. The zero-order valence-electron chi connectivity index (χ0n) is 18.3. The fraction of sp³-hybridized carbons (Fsp3) is 0.318. The average Bonchev–Trinajstić information content (AvgIpc) is 3.32. The Balaban J connectivity index is 2.08. The van der Waals surface area contributed by atoms with Crippen molar-refractivity contribution in [3.8, 4) is 5.75 Å². The summed E-state index contributed by atoms with van der Waals surface area (Å²) in [6, 6.07) is 3.95. The maximum Gasteiger partial charge on any atom is 0.206 e. The lowest BCUT2D eigenvalue weighted by atomic mass is 10.3. The molecule has 12 heteroatoms. The Morgan fingerprint density at radius 2 is 2.03 bits per heavy atom. The number of halogens is 3. The number of nitrogens with zero attached hydrogens (tertiary/aromatic N) is 2. The van der Waals surface area contributed by atoms with Crippen LogP contribution in [0.3, 0.4) is 0 Å². The zero-order valence-corrected chi connectivity index (χ0v) is 21.4. The lowest BCUT2D eigenvalue weighted by Gasteiger charge is -2.15. The van der Waals surface area contributed by atoms with Gasteiger partial charge in [-0.1, -0.05) is 35.9 Å². The maximum absolute atomic E-state index is 13.1. The number of rotatable bonds is 13. The monoisotopic (exact) mass is 550 g/mol. The second-order valence-electron chi connectivity index (χ2n) is 7.05. The third-order valence-electron chi connectivity index (χ3n) is 4.38. The molecule has 0 unspecified atom stereocenters. The molecule has 0 radical (unpaired) electrons. The normalized spacial score (nSPS) is 14.5. The van der Waals surface area contributed by atoms with Gasteiger partial charge >= 0.3 is 0 Å². The van der Waals surface area contributed by atoms with Crippen LogP contribution in [0.5, 0.6) is 5.75 Å². The number of hydrogen-bond acceptors (Lipinski definition) is 7. The summed E-state index contributed by atoms with van der Waals surface area (Å²) in [6.07, 6.45) is 5.68. The van der Waals surface area contributed by atoms with E-state index >= 15 is 0 Å².